The number of fused-ring (bicyclic) bond motifs is 3. The average Bonchev–Trinajstić information content (AvgIpc) is 3.22. The molecule has 5 heteroatoms. The molecule has 1 aliphatic heterocycles. The number of aryl methyl sites for hydroxylation is 2. The Morgan fingerprint density at radius 1 is 1.26 bits per heavy atom. The predicted octanol–water partition coefficient (Wildman–Crippen LogP) is 3.28. The van der Waals surface area contributed by atoms with E-state index in [1.165, 1.54) is 41.4 Å². The highest BCUT2D eigenvalue weighted by molar-refractivity contribution is 5.89. The Morgan fingerprint density at radius 3 is 2.91 bits per heavy atom. The normalized spacial score (nSPS) is 20.0. The highest BCUT2D eigenvalue weighted by Gasteiger charge is 2.27. The molecule has 0 amide bonds. The zero-order chi connectivity index (χ0) is 15.4. The summed E-state index contributed by atoms with van der Waals surface area (Å²) < 4.78 is 13.3. The third-order valence-electron chi connectivity index (χ3n) is 4.94. The zero-order valence-electron chi connectivity index (χ0n) is 13.2. The van der Waals surface area contributed by atoms with Gasteiger partial charge in [0.05, 0.1) is 19.3 Å². The number of hydrogen-bond donors (Lipinski definition) is 0. The number of hydrogen-bond acceptors (Lipinski definition) is 4. The van der Waals surface area contributed by atoms with E-state index in [0.717, 1.165) is 25.1 Å². The second kappa shape index (κ2) is 4.93. The van der Waals surface area contributed by atoms with Crippen LogP contribution in [0.25, 0.3) is 22.4 Å². The molecule has 0 saturated carbocycles. The van der Waals surface area contributed by atoms with Crippen LogP contribution in [0, 0.1) is 6.92 Å². The van der Waals surface area contributed by atoms with Crippen molar-refractivity contribution in [3.8, 4) is 11.5 Å². The molecule has 1 saturated heterocycles. The molecular weight excluding hydrogens is 290 g/mol. The van der Waals surface area contributed by atoms with Gasteiger partial charge in [0.2, 0.25) is 0 Å². The highest BCUT2D eigenvalue weighted by atomic mass is 16.6. The van der Waals surface area contributed by atoms with Gasteiger partial charge in [-0.1, -0.05) is 5.16 Å². The molecule has 1 aliphatic carbocycles. The van der Waals surface area contributed by atoms with E-state index in [2.05, 4.69) is 32.9 Å². The van der Waals surface area contributed by atoms with E-state index >= 15 is 0 Å². The molecule has 1 fully saturated rings. The SMILES string of the molecule is Cc1noc(-c2ccc3c(c2)c2c(n3CC3CO3)CCCC2)n1. The van der Waals surface area contributed by atoms with Gasteiger partial charge >= 0.3 is 0 Å². The number of benzene rings is 1. The van der Waals surface area contributed by atoms with E-state index in [1.807, 2.05) is 6.92 Å². The number of epoxide rings is 1. The first-order valence-corrected chi connectivity index (χ1v) is 8.36. The lowest BCUT2D eigenvalue weighted by Gasteiger charge is -2.15. The Balaban J connectivity index is 1.69. The van der Waals surface area contributed by atoms with Gasteiger partial charge in [0.1, 0.15) is 0 Å². The lowest BCUT2D eigenvalue weighted by Crippen LogP contribution is -2.11. The van der Waals surface area contributed by atoms with Crippen molar-refractivity contribution in [3.05, 3.63) is 35.3 Å². The molecule has 0 spiro atoms. The van der Waals surface area contributed by atoms with E-state index in [-0.39, 0.29) is 0 Å². The monoisotopic (exact) mass is 309 g/mol. The predicted molar refractivity (Wildman–Crippen MR) is 86.3 cm³/mol. The largest absolute Gasteiger partial charge is 0.371 e. The maximum atomic E-state index is 5.46. The Morgan fingerprint density at radius 2 is 2.13 bits per heavy atom. The van der Waals surface area contributed by atoms with Crippen LogP contribution < -0.4 is 0 Å². The van der Waals surface area contributed by atoms with E-state index in [1.54, 1.807) is 0 Å². The third kappa shape index (κ3) is 2.18. The van der Waals surface area contributed by atoms with Gasteiger partial charge in [-0.3, -0.25) is 0 Å². The smallest absolute Gasteiger partial charge is 0.257 e. The van der Waals surface area contributed by atoms with Crippen molar-refractivity contribution in [1.29, 1.82) is 0 Å². The second-order valence-corrected chi connectivity index (χ2v) is 6.58. The molecule has 3 heterocycles. The molecule has 1 unspecified atom stereocenters. The minimum absolute atomic E-state index is 0.398. The fourth-order valence-electron chi connectivity index (χ4n) is 3.77. The van der Waals surface area contributed by atoms with Crippen molar-refractivity contribution >= 4 is 10.9 Å². The number of ether oxygens (including phenoxy) is 1. The van der Waals surface area contributed by atoms with E-state index in [0.29, 0.717) is 17.8 Å². The zero-order valence-corrected chi connectivity index (χ0v) is 13.2. The maximum absolute atomic E-state index is 5.46. The van der Waals surface area contributed by atoms with Crippen molar-refractivity contribution in [2.75, 3.05) is 6.61 Å². The van der Waals surface area contributed by atoms with Gasteiger partial charge in [-0.25, -0.2) is 0 Å². The van der Waals surface area contributed by atoms with Crippen LogP contribution in [0.1, 0.15) is 29.9 Å². The highest BCUT2D eigenvalue weighted by Crippen LogP contribution is 2.35. The van der Waals surface area contributed by atoms with E-state index < -0.39 is 0 Å². The second-order valence-electron chi connectivity index (χ2n) is 6.58. The molecule has 5 nitrogen and oxygen atoms in total. The lowest BCUT2D eigenvalue weighted by atomic mass is 9.95. The standard InChI is InChI=1S/C18H19N3O2/c1-11-19-18(23-20-11)12-6-7-17-15(8-12)14-4-2-3-5-16(14)21(17)9-13-10-22-13/h6-8,13H,2-5,9-10H2,1H3. The first-order chi connectivity index (χ1) is 11.3. The molecule has 2 aromatic heterocycles. The van der Waals surface area contributed by atoms with Gasteiger partial charge in [-0.2, -0.15) is 4.98 Å². The molecule has 0 bridgehead atoms. The van der Waals surface area contributed by atoms with Crippen LogP contribution in [0.5, 0.6) is 0 Å². The summed E-state index contributed by atoms with van der Waals surface area (Å²) in [6, 6.07) is 6.51. The van der Waals surface area contributed by atoms with Gasteiger partial charge in [0, 0.05) is 22.2 Å². The number of aromatic nitrogens is 3. The van der Waals surface area contributed by atoms with Gasteiger partial charge in [0.25, 0.3) is 5.89 Å². The van der Waals surface area contributed by atoms with E-state index in [9.17, 15) is 0 Å². The van der Waals surface area contributed by atoms with Gasteiger partial charge in [-0.05, 0) is 56.4 Å². The van der Waals surface area contributed by atoms with Crippen molar-refractivity contribution in [3.63, 3.8) is 0 Å². The molecule has 23 heavy (non-hydrogen) atoms. The lowest BCUT2D eigenvalue weighted by molar-refractivity contribution is 0.382. The van der Waals surface area contributed by atoms with Gasteiger partial charge < -0.3 is 13.8 Å². The summed E-state index contributed by atoms with van der Waals surface area (Å²) in [5.41, 5.74) is 5.32. The third-order valence-corrected chi connectivity index (χ3v) is 4.94. The molecule has 5 rings (SSSR count). The molecule has 3 aromatic rings. The molecule has 0 radical (unpaired) electrons. The summed E-state index contributed by atoms with van der Waals surface area (Å²) in [5.74, 6) is 1.28. The molecule has 0 N–H and O–H groups in total. The van der Waals surface area contributed by atoms with Crippen LogP contribution in [0.15, 0.2) is 22.7 Å². The first kappa shape index (κ1) is 13.3. The Kier molecular flexibility index (Phi) is 2.85. The summed E-state index contributed by atoms with van der Waals surface area (Å²) in [6.07, 6.45) is 5.29. The van der Waals surface area contributed by atoms with Crippen LogP contribution in [0.3, 0.4) is 0 Å². The summed E-state index contributed by atoms with van der Waals surface area (Å²) >= 11 is 0. The van der Waals surface area contributed by atoms with Crippen LogP contribution in [-0.2, 0) is 24.1 Å². The number of rotatable bonds is 3. The van der Waals surface area contributed by atoms with Crippen molar-refractivity contribution in [2.24, 2.45) is 0 Å². The minimum atomic E-state index is 0.398. The van der Waals surface area contributed by atoms with Gasteiger partial charge in [-0.15, -0.1) is 0 Å². The average molecular weight is 309 g/mol. The summed E-state index contributed by atoms with van der Waals surface area (Å²) in [7, 11) is 0. The summed E-state index contributed by atoms with van der Waals surface area (Å²) in [5, 5.41) is 5.25. The molecular formula is C18H19N3O2. The van der Waals surface area contributed by atoms with Crippen LogP contribution in [-0.4, -0.2) is 27.4 Å². The maximum Gasteiger partial charge on any atom is 0.257 e. The summed E-state index contributed by atoms with van der Waals surface area (Å²) in [6.45, 7) is 3.72. The van der Waals surface area contributed by atoms with Crippen molar-refractivity contribution in [1.82, 2.24) is 14.7 Å². The topological polar surface area (TPSA) is 56.4 Å². The van der Waals surface area contributed by atoms with Gasteiger partial charge in [0.15, 0.2) is 5.82 Å². The first-order valence-electron chi connectivity index (χ1n) is 8.36. The summed E-state index contributed by atoms with van der Waals surface area (Å²) in [4.78, 5) is 4.36. The van der Waals surface area contributed by atoms with Crippen molar-refractivity contribution in [2.45, 2.75) is 45.3 Å². The molecule has 118 valence electrons. The quantitative estimate of drug-likeness (QED) is 0.697. The van der Waals surface area contributed by atoms with E-state index in [4.69, 9.17) is 9.26 Å². The molecule has 2 aliphatic rings. The van der Waals surface area contributed by atoms with Crippen LogP contribution >= 0.6 is 0 Å². The van der Waals surface area contributed by atoms with Crippen molar-refractivity contribution < 1.29 is 9.26 Å². The Hall–Kier alpha value is -2.14. The Labute approximate surface area is 134 Å². The van der Waals surface area contributed by atoms with Crippen LogP contribution in [0.4, 0.5) is 0 Å². The number of nitrogens with zero attached hydrogens (tertiary/aromatic N) is 3. The fourth-order valence-corrected chi connectivity index (χ4v) is 3.77. The fraction of sp³-hybridized carbons (Fsp3) is 0.444. The van der Waals surface area contributed by atoms with Crippen LogP contribution in [0.2, 0.25) is 0 Å². The minimum Gasteiger partial charge on any atom is -0.371 e. The Bertz CT molecular complexity index is 889. The molecule has 1 aromatic carbocycles. The molecule has 1 atom stereocenters.